The molecule has 1 amide bonds. The lowest BCUT2D eigenvalue weighted by Gasteiger charge is -2.08. The summed E-state index contributed by atoms with van der Waals surface area (Å²) in [6.45, 7) is 0.819. The summed E-state index contributed by atoms with van der Waals surface area (Å²) in [5.41, 5.74) is 9.94. The number of primary amides is 1. The Kier molecular flexibility index (Phi) is 3.54. The Labute approximate surface area is 140 Å². The van der Waals surface area contributed by atoms with Gasteiger partial charge in [-0.1, -0.05) is 54.6 Å². The lowest BCUT2D eigenvalue weighted by molar-refractivity contribution is -0.117. The van der Waals surface area contributed by atoms with Crippen molar-refractivity contribution in [2.24, 2.45) is 5.73 Å². The van der Waals surface area contributed by atoms with Crippen molar-refractivity contribution in [3.63, 3.8) is 0 Å². The summed E-state index contributed by atoms with van der Waals surface area (Å²) in [6.07, 6.45) is 0.272. The quantitative estimate of drug-likeness (QED) is 0.611. The number of amides is 1. The van der Waals surface area contributed by atoms with Gasteiger partial charge in [-0.2, -0.15) is 0 Å². The standard InChI is InChI=1S/C21H18N2O/c22-21(24)13-16-10-11-20-18(12-16)17-8-4-5-9-19(17)23(20)14-15-6-2-1-3-7-15/h1-12H,13-14H2,(H2,22,24). The molecule has 3 heteroatoms. The molecule has 0 radical (unpaired) electrons. The van der Waals surface area contributed by atoms with Crippen LogP contribution in [-0.2, 0) is 17.8 Å². The molecule has 0 saturated heterocycles. The zero-order valence-corrected chi connectivity index (χ0v) is 13.3. The molecule has 1 aromatic heterocycles. The van der Waals surface area contributed by atoms with Crippen molar-refractivity contribution in [2.75, 3.05) is 0 Å². The predicted molar refractivity (Wildman–Crippen MR) is 97.9 cm³/mol. The number of carbonyl (C=O) groups excluding carboxylic acids is 1. The van der Waals surface area contributed by atoms with Crippen LogP contribution in [-0.4, -0.2) is 10.5 Å². The number of fused-ring (bicyclic) bond motifs is 3. The van der Waals surface area contributed by atoms with Crippen molar-refractivity contribution in [1.82, 2.24) is 4.57 Å². The maximum absolute atomic E-state index is 11.2. The second-order valence-electron chi connectivity index (χ2n) is 6.08. The maximum Gasteiger partial charge on any atom is 0.221 e. The molecule has 4 rings (SSSR count). The van der Waals surface area contributed by atoms with E-state index in [9.17, 15) is 4.79 Å². The second kappa shape index (κ2) is 5.85. The molecule has 1 heterocycles. The monoisotopic (exact) mass is 314 g/mol. The minimum absolute atomic E-state index is 0.272. The van der Waals surface area contributed by atoms with Crippen molar-refractivity contribution >= 4 is 27.7 Å². The molecule has 0 spiro atoms. The zero-order valence-electron chi connectivity index (χ0n) is 13.3. The second-order valence-corrected chi connectivity index (χ2v) is 6.08. The third kappa shape index (κ3) is 2.54. The van der Waals surface area contributed by atoms with Crippen LogP contribution < -0.4 is 5.73 Å². The lowest BCUT2D eigenvalue weighted by Crippen LogP contribution is -2.13. The van der Waals surface area contributed by atoms with Crippen molar-refractivity contribution < 1.29 is 4.79 Å². The highest BCUT2D eigenvalue weighted by molar-refractivity contribution is 6.08. The normalized spacial score (nSPS) is 11.2. The SMILES string of the molecule is NC(=O)Cc1ccc2c(c1)c1ccccc1n2Cc1ccccc1. The molecule has 0 aliphatic carbocycles. The first kappa shape index (κ1) is 14.5. The summed E-state index contributed by atoms with van der Waals surface area (Å²) in [4.78, 5) is 11.2. The van der Waals surface area contributed by atoms with Crippen molar-refractivity contribution in [2.45, 2.75) is 13.0 Å². The molecule has 0 atom stereocenters. The lowest BCUT2D eigenvalue weighted by atomic mass is 10.1. The minimum atomic E-state index is -0.303. The average molecular weight is 314 g/mol. The summed E-state index contributed by atoms with van der Waals surface area (Å²) >= 11 is 0. The van der Waals surface area contributed by atoms with Crippen LogP contribution in [0.15, 0.2) is 72.8 Å². The van der Waals surface area contributed by atoms with E-state index in [0.29, 0.717) is 0 Å². The summed E-state index contributed by atoms with van der Waals surface area (Å²) in [6, 6.07) is 25.0. The molecule has 3 aromatic carbocycles. The Morgan fingerprint density at radius 2 is 1.50 bits per heavy atom. The number of nitrogens with two attached hydrogens (primary N) is 1. The van der Waals surface area contributed by atoms with E-state index in [1.807, 2.05) is 12.1 Å². The van der Waals surface area contributed by atoms with Crippen LogP contribution in [0.5, 0.6) is 0 Å². The van der Waals surface area contributed by atoms with Gasteiger partial charge >= 0.3 is 0 Å². The van der Waals surface area contributed by atoms with E-state index < -0.39 is 0 Å². The number of benzene rings is 3. The van der Waals surface area contributed by atoms with Gasteiger partial charge in [0.25, 0.3) is 0 Å². The van der Waals surface area contributed by atoms with Crippen molar-refractivity contribution in [3.8, 4) is 0 Å². The van der Waals surface area contributed by atoms with Gasteiger partial charge < -0.3 is 10.3 Å². The smallest absolute Gasteiger partial charge is 0.221 e. The van der Waals surface area contributed by atoms with Crippen LogP contribution in [0.4, 0.5) is 0 Å². The van der Waals surface area contributed by atoms with Crippen molar-refractivity contribution in [1.29, 1.82) is 0 Å². The molecule has 3 nitrogen and oxygen atoms in total. The molecule has 4 aromatic rings. The molecule has 24 heavy (non-hydrogen) atoms. The summed E-state index contributed by atoms with van der Waals surface area (Å²) in [5, 5.41) is 2.37. The fourth-order valence-corrected chi connectivity index (χ4v) is 3.35. The van der Waals surface area contributed by atoms with Gasteiger partial charge in [-0.05, 0) is 29.3 Å². The molecule has 0 aliphatic rings. The van der Waals surface area contributed by atoms with Crippen LogP contribution in [0, 0.1) is 0 Å². The first-order chi connectivity index (χ1) is 11.7. The van der Waals surface area contributed by atoms with Gasteiger partial charge in [-0.25, -0.2) is 0 Å². The predicted octanol–water partition coefficient (Wildman–Crippen LogP) is 3.87. The van der Waals surface area contributed by atoms with Gasteiger partial charge in [0.15, 0.2) is 0 Å². The minimum Gasteiger partial charge on any atom is -0.369 e. The van der Waals surface area contributed by atoms with E-state index in [2.05, 4.69) is 65.2 Å². The summed E-state index contributed by atoms with van der Waals surface area (Å²) < 4.78 is 2.33. The average Bonchev–Trinajstić information content (AvgIpc) is 2.89. The van der Waals surface area contributed by atoms with E-state index in [4.69, 9.17) is 5.73 Å². The highest BCUT2D eigenvalue weighted by atomic mass is 16.1. The fourth-order valence-electron chi connectivity index (χ4n) is 3.35. The molecule has 2 N–H and O–H groups in total. The van der Waals surface area contributed by atoms with Crippen LogP contribution in [0.25, 0.3) is 21.8 Å². The number of carbonyl (C=O) groups is 1. The molecule has 0 saturated carbocycles. The largest absolute Gasteiger partial charge is 0.369 e. The summed E-state index contributed by atoms with van der Waals surface area (Å²) in [7, 11) is 0. The molecule has 0 unspecified atom stereocenters. The Morgan fingerprint density at radius 1 is 0.792 bits per heavy atom. The molecule has 0 bridgehead atoms. The first-order valence-corrected chi connectivity index (χ1v) is 8.04. The molecule has 118 valence electrons. The zero-order chi connectivity index (χ0) is 16.5. The van der Waals surface area contributed by atoms with Crippen LogP contribution in [0.2, 0.25) is 0 Å². The molecular weight excluding hydrogens is 296 g/mol. The molecule has 0 aliphatic heterocycles. The Bertz CT molecular complexity index is 1030. The Morgan fingerprint density at radius 3 is 2.29 bits per heavy atom. The number of hydrogen-bond donors (Lipinski definition) is 1. The van der Waals surface area contributed by atoms with Crippen LogP contribution in [0.3, 0.4) is 0 Å². The van der Waals surface area contributed by atoms with Crippen LogP contribution in [0.1, 0.15) is 11.1 Å². The topological polar surface area (TPSA) is 48.0 Å². The van der Waals surface area contributed by atoms with E-state index in [0.717, 1.165) is 12.1 Å². The number of aromatic nitrogens is 1. The Hall–Kier alpha value is -3.07. The van der Waals surface area contributed by atoms with Gasteiger partial charge in [-0.3, -0.25) is 4.79 Å². The van der Waals surface area contributed by atoms with Crippen LogP contribution >= 0.6 is 0 Å². The van der Waals surface area contributed by atoms with E-state index in [1.54, 1.807) is 0 Å². The van der Waals surface area contributed by atoms with E-state index in [1.165, 1.54) is 27.4 Å². The third-order valence-corrected chi connectivity index (χ3v) is 4.40. The van der Waals surface area contributed by atoms with Gasteiger partial charge in [0.05, 0.1) is 6.42 Å². The Balaban J connectivity index is 1.92. The van der Waals surface area contributed by atoms with Crippen molar-refractivity contribution in [3.05, 3.63) is 83.9 Å². The number of hydrogen-bond acceptors (Lipinski definition) is 1. The van der Waals surface area contributed by atoms with Gasteiger partial charge in [0.2, 0.25) is 5.91 Å². The molecule has 0 fully saturated rings. The fraction of sp³-hybridized carbons (Fsp3) is 0.0952. The first-order valence-electron chi connectivity index (χ1n) is 8.04. The molecular formula is C21H18N2O. The van der Waals surface area contributed by atoms with E-state index >= 15 is 0 Å². The third-order valence-electron chi connectivity index (χ3n) is 4.40. The number of para-hydroxylation sites is 1. The van der Waals surface area contributed by atoms with Gasteiger partial charge in [0.1, 0.15) is 0 Å². The van der Waals surface area contributed by atoms with Gasteiger partial charge in [0, 0.05) is 28.4 Å². The number of nitrogens with zero attached hydrogens (tertiary/aromatic N) is 1. The highest BCUT2D eigenvalue weighted by Crippen LogP contribution is 2.30. The highest BCUT2D eigenvalue weighted by Gasteiger charge is 2.11. The summed E-state index contributed by atoms with van der Waals surface area (Å²) in [5.74, 6) is -0.303. The maximum atomic E-state index is 11.2. The number of rotatable bonds is 4. The van der Waals surface area contributed by atoms with Gasteiger partial charge in [-0.15, -0.1) is 0 Å². The van der Waals surface area contributed by atoms with E-state index in [-0.39, 0.29) is 12.3 Å².